The minimum absolute atomic E-state index is 0.277. The van der Waals surface area contributed by atoms with Gasteiger partial charge in [-0.2, -0.15) is 13.2 Å². The van der Waals surface area contributed by atoms with E-state index in [1.54, 1.807) is 0 Å². The number of halogens is 3. The van der Waals surface area contributed by atoms with Crippen molar-refractivity contribution in [1.82, 2.24) is 25.0 Å². The van der Waals surface area contributed by atoms with Gasteiger partial charge in [-0.25, -0.2) is 0 Å². The number of fused-ring (bicyclic) bond motifs is 1. The van der Waals surface area contributed by atoms with Gasteiger partial charge in [-0.3, -0.25) is 0 Å². The third-order valence-corrected chi connectivity index (χ3v) is 3.56. The van der Waals surface area contributed by atoms with Gasteiger partial charge in [0, 0.05) is 19.0 Å². The highest BCUT2D eigenvalue weighted by Crippen LogP contribution is 2.28. The van der Waals surface area contributed by atoms with Crippen molar-refractivity contribution in [1.29, 1.82) is 0 Å². The van der Waals surface area contributed by atoms with Gasteiger partial charge < -0.3 is 9.47 Å². The van der Waals surface area contributed by atoms with Crippen LogP contribution in [-0.2, 0) is 19.3 Å². The maximum absolute atomic E-state index is 12.5. The first-order valence-electron chi connectivity index (χ1n) is 6.94. The summed E-state index contributed by atoms with van der Waals surface area (Å²) in [4.78, 5) is 1.85. The van der Waals surface area contributed by atoms with Gasteiger partial charge in [-0.1, -0.05) is 13.8 Å². The Morgan fingerprint density at radius 3 is 2.41 bits per heavy atom. The lowest BCUT2D eigenvalue weighted by molar-refractivity contribution is -0.141. The largest absolute Gasteiger partial charge is 0.435 e. The molecule has 0 atom stereocenters. The molecule has 0 radical (unpaired) electrons. The van der Waals surface area contributed by atoms with Crippen molar-refractivity contribution in [3.05, 3.63) is 29.5 Å². The summed E-state index contributed by atoms with van der Waals surface area (Å²) in [5.74, 6) is 2.40. The molecular weight excluding hydrogens is 297 g/mol. The number of aromatic nitrogens is 5. The molecule has 1 aliphatic rings. The predicted molar refractivity (Wildman–Crippen MR) is 72.2 cm³/mol. The monoisotopic (exact) mass is 312 g/mol. The Morgan fingerprint density at radius 1 is 1.05 bits per heavy atom. The van der Waals surface area contributed by atoms with Crippen LogP contribution in [-0.4, -0.2) is 31.5 Å². The van der Waals surface area contributed by atoms with E-state index in [1.807, 2.05) is 18.7 Å². The van der Waals surface area contributed by atoms with Crippen LogP contribution < -0.4 is 4.90 Å². The van der Waals surface area contributed by atoms with Crippen LogP contribution in [0.1, 0.15) is 37.1 Å². The van der Waals surface area contributed by atoms with Crippen molar-refractivity contribution >= 4 is 5.82 Å². The number of hydrogen-bond donors (Lipinski definition) is 0. The first kappa shape index (κ1) is 14.7. The third-order valence-electron chi connectivity index (χ3n) is 3.56. The quantitative estimate of drug-likeness (QED) is 0.851. The molecule has 0 N–H and O–H groups in total. The van der Waals surface area contributed by atoms with E-state index in [0.717, 1.165) is 17.7 Å². The fourth-order valence-electron chi connectivity index (χ4n) is 2.45. The highest BCUT2D eigenvalue weighted by Gasteiger charge is 2.33. The maximum atomic E-state index is 12.5. The van der Waals surface area contributed by atoms with Crippen molar-refractivity contribution in [2.75, 3.05) is 11.4 Å². The molecule has 2 aromatic heterocycles. The predicted octanol–water partition coefficient (Wildman–Crippen LogP) is 2.23. The van der Waals surface area contributed by atoms with E-state index in [2.05, 4.69) is 25.0 Å². The Balaban J connectivity index is 1.80. The Hall–Kier alpha value is -2.19. The fourth-order valence-corrected chi connectivity index (χ4v) is 2.45. The number of alkyl halides is 3. The molecule has 6 nitrogen and oxygen atoms in total. The molecule has 0 unspecified atom stereocenters. The average molecular weight is 312 g/mol. The molecule has 118 valence electrons. The maximum Gasteiger partial charge on any atom is 0.435 e. The molecule has 0 saturated heterocycles. The molecule has 0 saturated carbocycles. The molecule has 2 aromatic rings. The van der Waals surface area contributed by atoms with Crippen LogP contribution in [0.15, 0.2) is 12.1 Å². The van der Waals surface area contributed by atoms with Crippen molar-refractivity contribution in [3.8, 4) is 0 Å². The third kappa shape index (κ3) is 2.62. The lowest BCUT2D eigenvalue weighted by Crippen LogP contribution is -2.35. The molecule has 0 amide bonds. The highest BCUT2D eigenvalue weighted by atomic mass is 19.4. The van der Waals surface area contributed by atoms with Gasteiger partial charge in [0.2, 0.25) is 0 Å². The van der Waals surface area contributed by atoms with Gasteiger partial charge >= 0.3 is 6.18 Å². The highest BCUT2D eigenvalue weighted by molar-refractivity contribution is 5.38. The van der Waals surface area contributed by atoms with Crippen LogP contribution in [0.2, 0.25) is 0 Å². The Bertz CT molecular complexity index is 661. The molecule has 1 aliphatic heterocycles. The van der Waals surface area contributed by atoms with E-state index in [9.17, 15) is 13.2 Å². The standard InChI is InChI=1S/C13H15F3N6/c1-8(2)12-20-19-11-7-21(5-6-22(11)12)10-4-3-9(17-18-10)13(14,15)16/h3-4,8H,5-7H2,1-2H3. The Labute approximate surface area is 125 Å². The molecule has 3 rings (SSSR count). The smallest absolute Gasteiger partial charge is 0.346 e. The van der Waals surface area contributed by atoms with Gasteiger partial charge in [0.1, 0.15) is 5.82 Å². The van der Waals surface area contributed by atoms with E-state index in [4.69, 9.17) is 0 Å². The van der Waals surface area contributed by atoms with E-state index in [-0.39, 0.29) is 5.92 Å². The van der Waals surface area contributed by atoms with E-state index < -0.39 is 11.9 Å². The number of nitrogens with zero attached hydrogens (tertiary/aromatic N) is 6. The summed E-state index contributed by atoms with van der Waals surface area (Å²) >= 11 is 0. The molecular formula is C13H15F3N6. The van der Waals surface area contributed by atoms with Crippen LogP contribution in [0.3, 0.4) is 0 Å². The van der Waals surface area contributed by atoms with Gasteiger partial charge in [0.05, 0.1) is 6.54 Å². The van der Waals surface area contributed by atoms with Gasteiger partial charge in [0.25, 0.3) is 0 Å². The van der Waals surface area contributed by atoms with Crippen molar-refractivity contribution in [3.63, 3.8) is 0 Å². The van der Waals surface area contributed by atoms with E-state index >= 15 is 0 Å². The van der Waals surface area contributed by atoms with Crippen LogP contribution in [0.4, 0.5) is 19.0 Å². The van der Waals surface area contributed by atoms with E-state index in [0.29, 0.717) is 25.5 Å². The molecule has 0 fully saturated rings. The molecule has 0 aliphatic carbocycles. The first-order valence-corrected chi connectivity index (χ1v) is 6.94. The van der Waals surface area contributed by atoms with Crippen molar-refractivity contribution in [2.45, 2.75) is 39.0 Å². The summed E-state index contributed by atoms with van der Waals surface area (Å²) in [6.45, 7) is 5.86. The summed E-state index contributed by atoms with van der Waals surface area (Å²) < 4.78 is 39.6. The van der Waals surface area contributed by atoms with Crippen LogP contribution in [0, 0.1) is 0 Å². The van der Waals surface area contributed by atoms with Crippen LogP contribution >= 0.6 is 0 Å². The summed E-state index contributed by atoms with van der Waals surface area (Å²) in [5, 5.41) is 15.3. The van der Waals surface area contributed by atoms with Crippen molar-refractivity contribution < 1.29 is 13.2 Å². The average Bonchev–Trinajstić information content (AvgIpc) is 2.89. The Kier molecular flexibility index (Phi) is 3.50. The SMILES string of the molecule is CC(C)c1nnc2n1CCN(c1ccc(C(F)(F)F)nn1)C2. The lowest BCUT2D eigenvalue weighted by atomic mass is 10.2. The zero-order chi connectivity index (χ0) is 15.9. The van der Waals surface area contributed by atoms with Crippen LogP contribution in [0.5, 0.6) is 0 Å². The van der Waals surface area contributed by atoms with Crippen molar-refractivity contribution in [2.24, 2.45) is 0 Å². The van der Waals surface area contributed by atoms with Gasteiger partial charge in [-0.15, -0.1) is 20.4 Å². The van der Waals surface area contributed by atoms with Gasteiger partial charge in [0.15, 0.2) is 17.3 Å². The Morgan fingerprint density at radius 2 is 1.82 bits per heavy atom. The second kappa shape index (κ2) is 5.22. The zero-order valence-electron chi connectivity index (χ0n) is 12.2. The zero-order valence-corrected chi connectivity index (χ0v) is 12.2. The van der Waals surface area contributed by atoms with Gasteiger partial charge in [-0.05, 0) is 12.1 Å². The summed E-state index contributed by atoms with van der Waals surface area (Å²) in [7, 11) is 0. The molecule has 0 spiro atoms. The molecule has 0 aromatic carbocycles. The number of anilines is 1. The number of hydrogen-bond acceptors (Lipinski definition) is 5. The molecule has 0 bridgehead atoms. The lowest BCUT2D eigenvalue weighted by Gasteiger charge is -2.28. The summed E-state index contributed by atoms with van der Waals surface area (Å²) in [5.41, 5.74) is -0.987. The normalized spacial score (nSPS) is 15.3. The molecule has 22 heavy (non-hydrogen) atoms. The second-order valence-corrected chi connectivity index (χ2v) is 5.48. The molecule has 3 heterocycles. The minimum atomic E-state index is -4.47. The first-order chi connectivity index (χ1) is 10.4. The van der Waals surface area contributed by atoms with Crippen LogP contribution in [0.25, 0.3) is 0 Å². The topological polar surface area (TPSA) is 59.7 Å². The minimum Gasteiger partial charge on any atom is -0.346 e. The molecule has 9 heteroatoms. The fraction of sp³-hybridized carbons (Fsp3) is 0.538. The second-order valence-electron chi connectivity index (χ2n) is 5.48. The van der Waals surface area contributed by atoms with E-state index in [1.165, 1.54) is 6.07 Å². The summed E-state index contributed by atoms with van der Waals surface area (Å²) in [6.07, 6.45) is -4.47. The summed E-state index contributed by atoms with van der Waals surface area (Å²) in [6, 6.07) is 2.28. The number of rotatable bonds is 2.